The van der Waals surface area contributed by atoms with Crippen molar-refractivity contribution in [2.75, 3.05) is 7.11 Å². The highest BCUT2D eigenvalue weighted by atomic mass is 79.9. The summed E-state index contributed by atoms with van der Waals surface area (Å²) in [6.07, 6.45) is 0. The van der Waals surface area contributed by atoms with Gasteiger partial charge in [0.05, 0.1) is 13.2 Å². The summed E-state index contributed by atoms with van der Waals surface area (Å²) < 4.78 is 6.18. The fourth-order valence-electron chi connectivity index (χ4n) is 3.65. The lowest BCUT2D eigenvalue weighted by atomic mass is 9.93. The van der Waals surface area contributed by atoms with Gasteiger partial charge in [-0.25, -0.2) is 0 Å². The number of hydrogen-bond acceptors (Lipinski definition) is 3. The number of carbonyl (C=O) groups excluding carboxylic acids is 1. The molecule has 4 rings (SSSR count). The van der Waals surface area contributed by atoms with Crippen molar-refractivity contribution in [3.05, 3.63) is 106 Å². The predicted molar refractivity (Wildman–Crippen MR) is 116 cm³/mol. The highest BCUT2D eigenvalue weighted by molar-refractivity contribution is 9.10. The zero-order chi connectivity index (χ0) is 20.4. The van der Waals surface area contributed by atoms with Gasteiger partial charge < -0.3 is 14.7 Å². The summed E-state index contributed by atoms with van der Waals surface area (Å²) >= 11 is 3.47. The number of carbonyl (C=O) groups is 1. The molecule has 4 nitrogen and oxygen atoms in total. The van der Waals surface area contributed by atoms with Crippen molar-refractivity contribution >= 4 is 27.4 Å². The zero-order valence-corrected chi connectivity index (χ0v) is 17.5. The van der Waals surface area contributed by atoms with E-state index in [4.69, 9.17) is 4.74 Å². The van der Waals surface area contributed by atoms with E-state index < -0.39 is 0 Å². The second kappa shape index (κ2) is 8.13. The lowest BCUT2D eigenvalue weighted by Gasteiger charge is -2.27. The van der Waals surface area contributed by atoms with E-state index in [2.05, 4.69) is 15.9 Å². The molecule has 0 fully saturated rings. The minimum atomic E-state index is -0.375. The third-order valence-corrected chi connectivity index (χ3v) is 5.61. The average Bonchev–Trinajstić information content (AvgIpc) is 3.00. The first-order chi connectivity index (χ1) is 14.1. The largest absolute Gasteiger partial charge is 0.503 e. The number of rotatable bonds is 5. The molecule has 1 amide bonds. The summed E-state index contributed by atoms with van der Waals surface area (Å²) in [5.74, 6) is 0.196. The normalized spacial score (nSPS) is 16.4. The van der Waals surface area contributed by atoms with Crippen LogP contribution in [0.1, 0.15) is 22.7 Å². The number of ether oxygens (including phenoxy) is 1. The molecular weight excluding hydrogens is 430 g/mol. The Bertz CT molecular complexity index is 1040. The Labute approximate surface area is 178 Å². The van der Waals surface area contributed by atoms with Gasteiger partial charge in [0.2, 0.25) is 0 Å². The van der Waals surface area contributed by atoms with E-state index in [0.717, 1.165) is 26.9 Å². The highest BCUT2D eigenvalue weighted by Gasteiger charge is 2.40. The van der Waals surface area contributed by atoms with Gasteiger partial charge in [-0.3, -0.25) is 4.79 Å². The predicted octanol–water partition coefficient (Wildman–Crippen LogP) is 5.51. The van der Waals surface area contributed by atoms with Crippen LogP contribution in [0.2, 0.25) is 0 Å². The molecule has 29 heavy (non-hydrogen) atoms. The number of nitrogens with zero attached hydrogens (tertiary/aromatic N) is 1. The van der Waals surface area contributed by atoms with Crippen LogP contribution in [0.4, 0.5) is 0 Å². The van der Waals surface area contributed by atoms with Crippen LogP contribution in [0.5, 0.6) is 5.75 Å². The second-order valence-electron chi connectivity index (χ2n) is 6.86. The van der Waals surface area contributed by atoms with Crippen molar-refractivity contribution in [3.8, 4) is 5.75 Å². The molecule has 3 aromatic carbocycles. The second-order valence-corrected chi connectivity index (χ2v) is 7.78. The van der Waals surface area contributed by atoms with E-state index in [1.165, 1.54) is 0 Å². The van der Waals surface area contributed by atoms with E-state index in [-0.39, 0.29) is 17.7 Å². The van der Waals surface area contributed by atoms with E-state index in [9.17, 15) is 9.90 Å². The van der Waals surface area contributed by atoms with Gasteiger partial charge in [-0.05, 0) is 41.0 Å². The summed E-state index contributed by atoms with van der Waals surface area (Å²) in [6, 6.07) is 24.7. The number of aliphatic hydroxyl groups excluding tert-OH is 1. The van der Waals surface area contributed by atoms with Gasteiger partial charge in [0.1, 0.15) is 5.75 Å². The van der Waals surface area contributed by atoms with Gasteiger partial charge in [0.15, 0.2) is 5.76 Å². The van der Waals surface area contributed by atoms with E-state index in [1.807, 2.05) is 78.9 Å². The first-order valence-electron chi connectivity index (χ1n) is 9.26. The number of benzene rings is 3. The maximum Gasteiger partial charge on any atom is 0.290 e. The third kappa shape index (κ3) is 3.78. The van der Waals surface area contributed by atoms with Crippen molar-refractivity contribution in [2.45, 2.75) is 12.6 Å². The minimum Gasteiger partial charge on any atom is -0.503 e. The number of methoxy groups -OCH3 is 1. The fourth-order valence-corrected chi connectivity index (χ4v) is 3.91. The Balaban J connectivity index is 1.77. The van der Waals surface area contributed by atoms with E-state index >= 15 is 0 Å². The Hall–Kier alpha value is -3.05. The van der Waals surface area contributed by atoms with Gasteiger partial charge >= 0.3 is 0 Å². The van der Waals surface area contributed by atoms with Crippen molar-refractivity contribution in [3.63, 3.8) is 0 Å². The van der Waals surface area contributed by atoms with Crippen molar-refractivity contribution in [2.24, 2.45) is 0 Å². The van der Waals surface area contributed by atoms with Gasteiger partial charge in [-0.1, -0.05) is 70.5 Å². The number of hydrogen-bond donors (Lipinski definition) is 1. The molecule has 3 aromatic rings. The van der Waals surface area contributed by atoms with Crippen LogP contribution in [0.25, 0.3) is 5.57 Å². The van der Waals surface area contributed by atoms with Gasteiger partial charge in [0, 0.05) is 16.6 Å². The first-order valence-corrected chi connectivity index (χ1v) is 10.1. The highest BCUT2D eigenvalue weighted by Crippen LogP contribution is 2.43. The number of halogens is 1. The van der Waals surface area contributed by atoms with Crippen LogP contribution in [0, 0.1) is 0 Å². The van der Waals surface area contributed by atoms with Gasteiger partial charge in [0.25, 0.3) is 5.91 Å². The minimum absolute atomic E-state index is 0.197. The standard InChI is InChI=1S/C24H20BrNO3/c1-29-20-13-7-16(8-14-20)15-26-22(18-9-11-19(25)12-10-18)21(23(27)24(26)28)17-5-3-2-4-6-17/h2-14,22,27H,15H2,1H3/t22-/m1/s1. The summed E-state index contributed by atoms with van der Waals surface area (Å²) in [6.45, 7) is 0.379. The molecule has 0 aliphatic carbocycles. The van der Waals surface area contributed by atoms with E-state index in [1.54, 1.807) is 12.0 Å². The lowest BCUT2D eigenvalue weighted by molar-refractivity contribution is -0.130. The number of aliphatic hydroxyl groups is 1. The molecular formula is C24H20BrNO3. The molecule has 1 aliphatic heterocycles. The Morgan fingerprint density at radius 2 is 1.62 bits per heavy atom. The van der Waals surface area contributed by atoms with Crippen LogP contribution in [-0.2, 0) is 11.3 Å². The van der Waals surface area contributed by atoms with Crippen LogP contribution < -0.4 is 4.74 Å². The summed E-state index contributed by atoms with van der Waals surface area (Å²) in [5.41, 5.74) is 3.37. The molecule has 1 atom stereocenters. The van der Waals surface area contributed by atoms with Crippen LogP contribution >= 0.6 is 15.9 Å². The topological polar surface area (TPSA) is 49.8 Å². The Morgan fingerprint density at radius 3 is 2.24 bits per heavy atom. The van der Waals surface area contributed by atoms with Crippen LogP contribution in [0.15, 0.2) is 89.1 Å². The van der Waals surface area contributed by atoms with E-state index in [0.29, 0.717) is 12.1 Å². The SMILES string of the molecule is COc1ccc(CN2C(=O)C(O)=C(c3ccccc3)[C@H]2c2ccc(Br)cc2)cc1. The summed E-state index contributed by atoms with van der Waals surface area (Å²) in [5, 5.41) is 10.8. The average molecular weight is 450 g/mol. The maximum absolute atomic E-state index is 13.1. The molecule has 0 bridgehead atoms. The van der Waals surface area contributed by atoms with Gasteiger partial charge in [-0.2, -0.15) is 0 Å². The fraction of sp³-hybridized carbons (Fsp3) is 0.125. The number of amides is 1. The quantitative estimate of drug-likeness (QED) is 0.558. The third-order valence-electron chi connectivity index (χ3n) is 5.09. The smallest absolute Gasteiger partial charge is 0.290 e. The van der Waals surface area contributed by atoms with Gasteiger partial charge in [-0.15, -0.1) is 0 Å². The molecule has 1 heterocycles. The molecule has 5 heteroatoms. The molecule has 0 radical (unpaired) electrons. The zero-order valence-electron chi connectivity index (χ0n) is 15.9. The van der Waals surface area contributed by atoms with Crippen LogP contribution in [0.3, 0.4) is 0 Å². The Kier molecular flexibility index (Phi) is 5.41. The van der Waals surface area contributed by atoms with Crippen LogP contribution in [-0.4, -0.2) is 23.0 Å². The molecule has 1 aliphatic rings. The molecule has 0 aromatic heterocycles. The summed E-state index contributed by atoms with van der Waals surface area (Å²) in [7, 11) is 1.62. The van der Waals surface area contributed by atoms with Crippen molar-refractivity contribution in [1.29, 1.82) is 0 Å². The molecule has 1 N–H and O–H groups in total. The lowest BCUT2D eigenvalue weighted by Crippen LogP contribution is -2.29. The first kappa shape index (κ1) is 19.3. The molecule has 0 saturated heterocycles. The molecule has 0 saturated carbocycles. The van der Waals surface area contributed by atoms with Crippen molar-refractivity contribution < 1.29 is 14.6 Å². The summed E-state index contributed by atoms with van der Waals surface area (Å²) in [4.78, 5) is 14.8. The molecule has 0 spiro atoms. The monoisotopic (exact) mass is 449 g/mol. The maximum atomic E-state index is 13.1. The Morgan fingerprint density at radius 1 is 0.966 bits per heavy atom. The van der Waals surface area contributed by atoms with Crippen molar-refractivity contribution in [1.82, 2.24) is 4.90 Å². The molecule has 0 unspecified atom stereocenters. The molecule has 146 valence electrons.